The molecule has 1 unspecified atom stereocenters. The van der Waals surface area contributed by atoms with Crippen LogP contribution in [0.15, 0.2) is 72.1 Å². The van der Waals surface area contributed by atoms with E-state index in [1.807, 2.05) is 54.3 Å². The molecular formula is C19H20N4OS. The summed E-state index contributed by atoms with van der Waals surface area (Å²) in [4.78, 5) is 27.2. The summed E-state index contributed by atoms with van der Waals surface area (Å²) in [6.07, 6.45) is 6.95. The van der Waals surface area contributed by atoms with E-state index in [2.05, 4.69) is 15.0 Å². The number of H-pyrrole nitrogens is 1. The molecule has 5 nitrogen and oxygen atoms in total. The van der Waals surface area contributed by atoms with E-state index >= 15 is 0 Å². The normalized spacial score (nSPS) is 11.9. The van der Waals surface area contributed by atoms with Crippen molar-refractivity contribution >= 4 is 17.7 Å². The minimum atomic E-state index is -0.0307. The second-order valence-electron chi connectivity index (χ2n) is 5.62. The van der Waals surface area contributed by atoms with Crippen LogP contribution >= 0.6 is 11.8 Å². The Hall–Kier alpha value is -2.60. The van der Waals surface area contributed by atoms with Gasteiger partial charge in [0, 0.05) is 29.7 Å². The van der Waals surface area contributed by atoms with E-state index < -0.39 is 0 Å². The van der Waals surface area contributed by atoms with Gasteiger partial charge in [0.15, 0.2) is 0 Å². The highest BCUT2D eigenvalue weighted by Crippen LogP contribution is 2.24. The molecule has 1 N–H and O–H groups in total. The fourth-order valence-corrected chi connectivity index (χ4v) is 3.33. The van der Waals surface area contributed by atoms with Gasteiger partial charge in [-0.15, -0.1) is 11.8 Å². The summed E-state index contributed by atoms with van der Waals surface area (Å²) < 4.78 is 0. The minimum Gasteiger partial charge on any atom is -0.347 e. The van der Waals surface area contributed by atoms with Crippen molar-refractivity contribution in [1.82, 2.24) is 19.9 Å². The van der Waals surface area contributed by atoms with E-state index in [9.17, 15) is 4.79 Å². The summed E-state index contributed by atoms with van der Waals surface area (Å²) in [7, 11) is 0. The fourth-order valence-electron chi connectivity index (χ4n) is 2.56. The smallest absolute Gasteiger partial charge is 0.233 e. The first-order valence-corrected chi connectivity index (χ1v) is 9.08. The van der Waals surface area contributed by atoms with Crippen LogP contribution in [0.1, 0.15) is 24.4 Å². The Morgan fingerprint density at radius 1 is 1.16 bits per heavy atom. The highest BCUT2D eigenvalue weighted by molar-refractivity contribution is 8.00. The van der Waals surface area contributed by atoms with Crippen molar-refractivity contribution < 1.29 is 4.79 Å². The molecule has 1 amide bonds. The largest absolute Gasteiger partial charge is 0.347 e. The van der Waals surface area contributed by atoms with E-state index in [4.69, 9.17) is 0 Å². The highest BCUT2D eigenvalue weighted by atomic mass is 32.2. The number of pyridine rings is 1. The zero-order valence-corrected chi connectivity index (χ0v) is 14.8. The van der Waals surface area contributed by atoms with Crippen molar-refractivity contribution in [3.63, 3.8) is 0 Å². The van der Waals surface area contributed by atoms with Gasteiger partial charge in [-0.25, -0.2) is 4.98 Å². The van der Waals surface area contributed by atoms with Gasteiger partial charge in [0.25, 0.3) is 0 Å². The van der Waals surface area contributed by atoms with Crippen LogP contribution in [0.25, 0.3) is 0 Å². The lowest BCUT2D eigenvalue weighted by Crippen LogP contribution is -2.34. The number of benzene rings is 1. The molecule has 1 atom stereocenters. The molecule has 3 rings (SSSR count). The monoisotopic (exact) mass is 352 g/mol. The van der Waals surface area contributed by atoms with Crippen molar-refractivity contribution in [1.29, 1.82) is 0 Å². The Morgan fingerprint density at radius 3 is 2.60 bits per heavy atom. The van der Waals surface area contributed by atoms with Crippen LogP contribution in [0.3, 0.4) is 0 Å². The molecule has 2 aromatic heterocycles. The van der Waals surface area contributed by atoms with Crippen LogP contribution < -0.4 is 0 Å². The number of aromatic nitrogens is 3. The van der Waals surface area contributed by atoms with Gasteiger partial charge in [-0.2, -0.15) is 0 Å². The molecule has 0 aliphatic heterocycles. The number of amides is 1. The molecule has 128 valence electrons. The molecular weight excluding hydrogens is 332 g/mol. The van der Waals surface area contributed by atoms with E-state index in [0.29, 0.717) is 12.3 Å². The summed E-state index contributed by atoms with van der Waals surface area (Å²) in [6.45, 7) is 2.51. The topological polar surface area (TPSA) is 61.9 Å². The first-order chi connectivity index (χ1) is 12.2. The van der Waals surface area contributed by atoms with Gasteiger partial charge < -0.3 is 9.88 Å². The lowest BCUT2D eigenvalue weighted by atomic mass is 10.1. The van der Waals surface area contributed by atoms with Crippen LogP contribution in [-0.2, 0) is 11.3 Å². The third kappa shape index (κ3) is 4.70. The van der Waals surface area contributed by atoms with Crippen LogP contribution in [0.5, 0.6) is 0 Å². The number of nitrogens with zero attached hydrogens (tertiary/aromatic N) is 3. The number of aromatic amines is 1. The maximum Gasteiger partial charge on any atom is 0.233 e. The third-order valence-corrected chi connectivity index (χ3v) is 4.95. The molecule has 1 aromatic carbocycles. The van der Waals surface area contributed by atoms with Crippen molar-refractivity contribution in [3.05, 3.63) is 78.6 Å². The fraction of sp³-hybridized carbons (Fsp3) is 0.211. The molecule has 2 heterocycles. The predicted molar refractivity (Wildman–Crippen MR) is 99.0 cm³/mol. The first kappa shape index (κ1) is 17.2. The number of imidazole rings is 1. The molecule has 0 aliphatic rings. The van der Waals surface area contributed by atoms with Crippen LogP contribution in [0.4, 0.5) is 0 Å². The minimum absolute atomic E-state index is 0.0307. The van der Waals surface area contributed by atoms with Gasteiger partial charge in [0.05, 0.1) is 18.3 Å². The molecule has 0 fully saturated rings. The third-order valence-electron chi connectivity index (χ3n) is 3.96. The number of carbonyl (C=O) groups is 1. The Balaban J connectivity index is 1.74. The molecule has 0 radical (unpaired) electrons. The van der Waals surface area contributed by atoms with Crippen molar-refractivity contribution in [2.45, 2.75) is 24.4 Å². The zero-order chi connectivity index (χ0) is 17.5. The van der Waals surface area contributed by atoms with E-state index in [1.54, 1.807) is 24.8 Å². The maximum atomic E-state index is 12.9. The second kappa shape index (κ2) is 8.48. The SMILES string of the molecule is CC(c1ccccc1)N(Cc1ncc[nH]1)C(=O)CSc1ccncc1. The van der Waals surface area contributed by atoms with Gasteiger partial charge in [-0.1, -0.05) is 30.3 Å². The van der Waals surface area contributed by atoms with Crippen LogP contribution in [0.2, 0.25) is 0 Å². The summed E-state index contributed by atoms with van der Waals surface area (Å²) in [5, 5.41) is 0. The lowest BCUT2D eigenvalue weighted by Gasteiger charge is -2.29. The average Bonchev–Trinajstić information content (AvgIpc) is 3.18. The van der Waals surface area contributed by atoms with Gasteiger partial charge in [-0.05, 0) is 24.6 Å². The van der Waals surface area contributed by atoms with E-state index in [0.717, 1.165) is 16.3 Å². The Kier molecular flexibility index (Phi) is 5.85. The number of hydrogen-bond donors (Lipinski definition) is 1. The number of hydrogen-bond acceptors (Lipinski definition) is 4. The number of rotatable bonds is 7. The van der Waals surface area contributed by atoms with Gasteiger partial charge in [0.1, 0.15) is 5.82 Å². The molecule has 0 aliphatic carbocycles. The van der Waals surface area contributed by atoms with E-state index in [-0.39, 0.29) is 11.9 Å². The van der Waals surface area contributed by atoms with Crippen molar-refractivity contribution in [2.24, 2.45) is 0 Å². The maximum absolute atomic E-state index is 12.9. The molecule has 3 aromatic rings. The average molecular weight is 352 g/mol. The molecule has 0 saturated carbocycles. The predicted octanol–water partition coefficient (Wildman–Crippen LogP) is 3.69. The number of nitrogens with one attached hydrogen (secondary N) is 1. The van der Waals surface area contributed by atoms with Gasteiger partial charge >= 0.3 is 0 Å². The quantitative estimate of drug-likeness (QED) is 0.659. The van der Waals surface area contributed by atoms with E-state index in [1.165, 1.54) is 11.8 Å². The standard InChI is InChI=1S/C19H20N4OS/c1-15(16-5-3-2-4-6-16)23(13-18-21-11-12-22-18)19(24)14-25-17-7-9-20-10-8-17/h2-12,15H,13-14H2,1H3,(H,21,22). The first-order valence-electron chi connectivity index (χ1n) is 8.09. The Labute approximate surface area is 151 Å². The lowest BCUT2D eigenvalue weighted by molar-refractivity contribution is -0.131. The summed E-state index contributed by atoms with van der Waals surface area (Å²) in [6, 6.07) is 13.8. The zero-order valence-electron chi connectivity index (χ0n) is 14.0. The molecule has 0 spiro atoms. The summed E-state index contributed by atoms with van der Waals surface area (Å²) >= 11 is 1.52. The molecule has 0 saturated heterocycles. The van der Waals surface area contributed by atoms with Crippen molar-refractivity contribution in [3.8, 4) is 0 Å². The summed E-state index contributed by atoms with van der Waals surface area (Å²) in [5.41, 5.74) is 1.11. The molecule has 6 heteroatoms. The van der Waals surface area contributed by atoms with Crippen LogP contribution in [0, 0.1) is 0 Å². The van der Waals surface area contributed by atoms with Crippen LogP contribution in [-0.4, -0.2) is 31.5 Å². The molecule has 0 bridgehead atoms. The number of carbonyl (C=O) groups excluding carboxylic acids is 1. The second-order valence-corrected chi connectivity index (χ2v) is 6.66. The Morgan fingerprint density at radius 2 is 1.92 bits per heavy atom. The Bertz CT molecular complexity index is 778. The van der Waals surface area contributed by atoms with Gasteiger partial charge in [-0.3, -0.25) is 9.78 Å². The number of thioether (sulfide) groups is 1. The van der Waals surface area contributed by atoms with Crippen molar-refractivity contribution in [2.75, 3.05) is 5.75 Å². The van der Waals surface area contributed by atoms with Gasteiger partial charge in [0.2, 0.25) is 5.91 Å². The highest BCUT2D eigenvalue weighted by Gasteiger charge is 2.22. The summed E-state index contributed by atoms with van der Waals surface area (Å²) in [5.74, 6) is 1.24. The molecule has 25 heavy (non-hydrogen) atoms.